The number of benzene rings is 2. The van der Waals surface area contributed by atoms with Crippen molar-refractivity contribution in [3.05, 3.63) is 76.8 Å². The number of fused-ring (bicyclic) bond motifs is 1. The summed E-state index contributed by atoms with van der Waals surface area (Å²) in [7, 11) is 0. The number of nitrogens with zero attached hydrogens (tertiary/aromatic N) is 2. The van der Waals surface area contributed by atoms with Crippen LogP contribution in [-0.4, -0.2) is 28.2 Å². The summed E-state index contributed by atoms with van der Waals surface area (Å²) in [6.07, 6.45) is 1.08. The molecule has 4 rings (SSSR count). The van der Waals surface area contributed by atoms with Crippen LogP contribution in [0.2, 0.25) is 0 Å². The van der Waals surface area contributed by atoms with Gasteiger partial charge in [0.15, 0.2) is 0 Å². The maximum Gasteiger partial charge on any atom is 0.222 e. The first-order chi connectivity index (χ1) is 14.1. The molecule has 0 saturated heterocycles. The fraction of sp³-hybridized carbons (Fsp3) is 0.261. The number of hydrogen-bond donors (Lipinski definition) is 1. The second kappa shape index (κ2) is 8.57. The summed E-state index contributed by atoms with van der Waals surface area (Å²) in [6.45, 7) is 2.60. The number of thiazole rings is 1. The summed E-state index contributed by atoms with van der Waals surface area (Å²) >= 11 is 1.57. The monoisotopic (exact) mass is 405 g/mol. The molecule has 0 saturated carbocycles. The van der Waals surface area contributed by atoms with Crippen LogP contribution in [0.5, 0.6) is 0 Å². The molecule has 2 amide bonds. The lowest BCUT2D eigenvalue weighted by Gasteiger charge is -2.36. The smallest absolute Gasteiger partial charge is 0.222 e. The molecule has 29 heavy (non-hydrogen) atoms. The van der Waals surface area contributed by atoms with E-state index in [0.29, 0.717) is 13.1 Å². The number of amides is 2. The van der Waals surface area contributed by atoms with Crippen molar-refractivity contribution in [2.45, 2.75) is 32.4 Å². The number of carbonyl (C=O) groups excluding carboxylic acids is 2. The van der Waals surface area contributed by atoms with E-state index in [1.54, 1.807) is 23.2 Å². The van der Waals surface area contributed by atoms with Crippen molar-refractivity contribution < 1.29 is 9.59 Å². The molecule has 1 atom stereocenters. The molecule has 2 aromatic carbocycles. The molecule has 1 unspecified atom stereocenters. The Kier molecular flexibility index (Phi) is 5.71. The number of nitrogens with one attached hydrogen (secondary N) is 1. The summed E-state index contributed by atoms with van der Waals surface area (Å²) in [6, 6.07) is 17.9. The molecule has 6 heteroatoms. The average molecular weight is 406 g/mol. The van der Waals surface area contributed by atoms with Crippen molar-refractivity contribution >= 4 is 23.2 Å². The van der Waals surface area contributed by atoms with Gasteiger partial charge >= 0.3 is 0 Å². The summed E-state index contributed by atoms with van der Waals surface area (Å²) in [5, 5.41) is 5.88. The molecule has 0 fully saturated rings. The van der Waals surface area contributed by atoms with Gasteiger partial charge in [0.05, 0.1) is 24.7 Å². The number of hydrogen-bond acceptors (Lipinski definition) is 4. The highest BCUT2D eigenvalue weighted by atomic mass is 32.1. The van der Waals surface area contributed by atoms with E-state index in [1.807, 2.05) is 53.9 Å². The lowest BCUT2D eigenvalue weighted by Crippen LogP contribution is -2.41. The van der Waals surface area contributed by atoms with Gasteiger partial charge in [0.1, 0.15) is 5.01 Å². The average Bonchev–Trinajstić information content (AvgIpc) is 3.22. The minimum absolute atomic E-state index is 0.00399. The van der Waals surface area contributed by atoms with Crippen LogP contribution >= 0.6 is 11.3 Å². The van der Waals surface area contributed by atoms with E-state index in [0.717, 1.165) is 28.2 Å². The number of aromatic nitrogens is 1. The van der Waals surface area contributed by atoms with Gasteiger partial charge in [-0.15, -0.1) is 11.3 Å². The van der Waals surface area contributed by atoms with Crippen LogP contribution in [0.1, 0.15) is 36.2 Å². The molecule has 1 aliphatic heterocycles. The first-order valence-corrected chi connectivity index (χ1v) is 10.6. The van der Waals surface area contributed by atoms with Crippen LogP contribution < -0.4 is 5.32 Å². The first-order valence-electron chi connectivity index (χ1n) is 9.73. The van der Waals surface area contributed by atoms with Crippen LogP contribution in [0.4, 0.5) is 0 Å². The van der Waals surface area contributed by atoms with Crippen molar-refractivity contribution in [3.63, 3.8) is 0 Å². The van der Waals surface area contributed by atoms with Crippen LogP contribution in [0.25, 0.3) is 10.6 Å². The predicted octanol–water partition coefficient (Wildman–Crippen LogP) is 3.96. The zero-order valence-electron chi connectivity index (χ0n) is 16.3. The topological polar surface area (TPSA) is 62.3 Å². The second-order valence-electron chi connectivity index (χ2n) is 7.17. The van der Waals surface area contributed by atoms with Crippen LogP contribution in [0.15, 0.2) is 60.0 Å². The zero-order chi connectivity index (χ0) is 20.2. The maximum atomic E-state index is 12.7. The molecule has 3 aromatic rings. The van der Waals surface area contributed by atoms with Gasteiger partial charge in [-0.3, -0.25) is 9.59 Å². The van der Waals surface area contributed by atoms with E-state index in [1.165, 1.54) is 5.56 Å². The molecular weight excluding hydrogens is 382 g/mol. The number of rotatable bonds is 5. The van der Waals surface area contributed by atoms with Gasteiger partial charge in [0.2, 0.25) is 11.8 Å². The Morgan fingerprint density at radius 2 is 1.90 bits per heavy atom. The fourth-order valence-corrected chi connectivity index (χ4v) is 4.61. The largest absolute Gasteiger partial charge is 0.350 e. The summed E-state index contributed by atoms with van der Waals surface area (Å²) in [5.41, 5.74) is 4.21. The van der Waals surface area contributed by atoms with E-state index < -0.39 is 0 Å². The standard InChI is InChI=1S/C23H23N3O2S/c1-16(27)26-12-11-17-7-5-6-10-20(17)21(26)13-22(28)24-14-19-15-29-23(25-19)18-8-3-2-4-9-18/h2-10,15,21H,11-14H2,1H3,(H,24,28). The van der Waals surface area contributed by atoms with Gasteiger partial charge in [0, 0.05) is 24.4 Å². The van der Waals surface area contributed by atoms with Crippen LogP contribution in [0.3, 0.4) is 0 Å². The molecule has 1 aromatic heterocycles. The lowest BCUT2D eigenvalue weighted by molar-refractivity contribution is -0.133. The van der Waals surface area contributed by atoms with Crippen molar-refractivity contribution in [1.29, 1.82) is 0 Å². The minimum Gasteiger partial charge on any atom is -0.350 e. The van der Waals surface area contributed by atoms with Gasteiger partial charge < -0.3 is 10.2 Å². The summed E-state index contributed by atoms with van der Waals surface area (Å²) < 4.78 is 0. The molecule has 0 bridgehead atoms. The summed E-state index contributed by atoms with van der Waals surface area (Å²) in [5.74, 6) is -0.0727. The molecule has 0 aliphatic carbocycles. The van der Waals surface area contributed by atoms with E-state index in [4.69, 9.17) is 0 Å². The third kappa shape index (κ3) is 4.38. The predicted molar refractivity (Wildman–Crippen MR) is 114 cm³/mol. The Bertz CT molecular complexity index is 1020. The first kappa shape index (κ1) is 19.3. The highest BCUT2D eigenvalue weighted by molar-refractivity contribution is 7.13. The number of carbonyl (C=O) groups is 2. The molecule has 0 radical (unpaired) electrons. The van der Waals surface area contributed by atoms with Crippen molar-refractivity contribution in [1.82, 2.24) is 15.2 Å². The Hall–Kier alpha value is -2.99. The second-order valence-corrected chi connectivity index (χ2v) is 8.03. The highest BCUT2D eigenvalue weighted by Gasteiger charge is 2.30. The van der Waals surface area contributed by atoms with Crippen molar-refractivity contribution in [2.75, 3.05) is 6.54 Å². The van der Waals surface area contributed by atoms with Gasteiger partial charge in [-0.2, -0.15) is 0 Å². The molecular formula is C23H23N3O2S. The minimum atomic E-state index is -0.215. The van der Waals surface area contributed by atoms with Crippen LogP contribution in [-0.2, 0) is 22.6 Å². The molecule has 0 spiro atoms. The summed E-state index contributed by atoms with van der Waals surface area (Å²) in [4.78, 5) is 31.2. The molecule has 2 heterocycles. The molecule has 148 valence electrons. The maximum absolute atomic E-state index is 12.7. The van der Waals surface area contributed by atoms with E-state index in [-0.39, 0.29) is 24.3 Å². The van der Waals surface area contributed by atoms with Gasteiger partial charge in [-0.05, 0) is 17.5 Å². The van der Waals surface area contributed by atoms with Gasteiger partial charge in [-0.25, -0.2) is 4.98 Å². The Balaban J connectivity index is 1.41. The van der Waals surface area contributed by atoms with E-state index in [9.17, 15) is 9.59 Å². The Morgan fingerprint density at radius 1 is 1.14 bits per heavy atom. The van der Waals surface area contributed by atoms with Crippen molar-refractivity contribution in [3.8, 4) is 10.6 Å². The van der Waals surface area contributed by atoms with Gasteiger partial charge in [-0.1, -0.05) is 54.6 Å². The molecule has 1 N–H and O–H groups in total. The zero-order valence-corrected chi connectivity index (χ0v) is 17.1. The lowest BCUT2D eigenvalue weighted by atomic mass is 9.90. The third-order valence-corrected chi connectivity index (χ3v) is 6.17. The van der Waals surface area contributed by atoms with E-state index in [2.05, 4.69) is 16.4 Å². The molecule has 1 aliphatic rings. The van der Waals surface area contributed by atoms with Crippen molar-refractivity contribution in [2.24, 2.45) is 0 Å². The normalized spacial score (nSPS) is 15.6. The fourth-order valence-electron chi connectivity index (χ4n) is 3.79. The quantitative estimate of drug-likeness (QED) is 0.699. The van der Waals surface area contributed by atoms with E-state index >= 15 is 0 Å². The van der Waals surface area contributed by atoms with Gasteiger partial charge in [0.25, 0.3) is 0 Å². The molecule has 5 nitrogen and oxygen atoms in total. The van der Waals surface area contributed by atoms with Crippen LogP contribution in [0, 0.1) is 0 Å². The Morgan fingerprint density at radius 3 is 2.69 bits per heavy atom. The Labute approximate surface area is 174 Å². The SMILES string of the molecule is CC(=O)N1CCc2ccccc2C1CC(=O)NCc1csc(-c2ccccc2)n1. The highest BCUT2D eigenvalue weighted by Crippen LogP contribution is 2.32. The third-order valence-electron chi connectivity index (χ3n) is 5.23.